The maximum absolute atomic E-state index is 3.46. The molecule has 0 radical (unpaired) electrons. The molecule has 0 saturated heterocycles. The molecule has 0 amide bonds. The van der Waals surface area contributed by atoms with Gasteiger partial charge in [-0.3, -0.25) is 0 Å². The van der Waals surface area contributed by atoms with E-state index < -0.39 is 0 Å². The van der Waals surface area contributed by atoms with Gasteiger partial charge in [-0.2, -0.15) is 0 Å². The van der Waals surface area contributed by atoms with Gasteiger partial charge in [-0.15, -0.1) is 0 Å². The van der Waals surface area contributed by atoms with E-state index in [9.17, 15) is 0 Å². The van der Waals surface area contributed by atoms with Gasteiger partial charge in [-0.25, -0.2) is 0 Å². The summed E-state index contributed by atoms with van der Waals surface area (Å²) in [7, 11) is 6.42. The van der Waals surface area contributed by atoms with Crippen molar-refractivity contribution in [3.8, 4) is 0 Å². The summed E-state index contributed by atoms with van der Waals surface area (Å²) in [5.41, 5.74) is 0. The van der Waals surface area contributed by atoms with Crippen LogP contribution in [0.1, 0.15) is 38.5 Å². The second-order valence-corrected chi connectivity index (χ2v) is 4.96. The Kier molecular flexibility index (Phi) is 5.49. The van der Waals surface area contributed by atoms with Crippen LogP contribution in [0.2, 0.25) is 0 Å². The third-order valence-electron chi connectivity index (χ3n) is 3.43. The molecule has 1 atom stereocenters. The van der Waals surface area contributed by atoms with Crippen LogP contribution < -0.4 is 5.32 Å². The molecule has 0 aliphatic heterocycles. The van der Waals surface area contributed by atoms with Crippen LogP contribution in [0.4, 0.5) is 0 Å². The molecule has 0 bridgehead atoms. The minimum Gasteiger partial charge on any atom is -0.317 e. The maximum Gasteiger partial charge on any atom is 0.00788 e. The van der Waals surface area contributed by atoms with Gasteiger partial charge in [0.25, 0.3) is 0 Å². The van der Waals surface area contributed by atoms with Crippen LogP contribution >= 0.6 is 0 Å². The Bertz CT molecular complexity index is 139. The highest BCUT2D eigenvalue weighted by molar-refractivity contribution is 4.75. The zero-order chi connectivity index (χ0) is 10.4. The fourth-order valence-electron chi connectivity index (χ4n) is 2.44. The zero-order valence-corrected chi connectivity index (χ0v) is 10.1. The smallest absolute Gasteiger partial charge is 0.00788 e. The second-order valence-electron chi connectivity index (χ2n) is 4.96. The molecule has 0 heterocycles. The van der Waals surface area contributed by atoms with Crippen molar-refractivity contribution in [3.63, 3.8) is 0 Å². The molecular formula is C12H26N2. The highest BCUT2D eigenvalue weighted by atomic mass is 15.1. The molecule has 1 saturated carbocycles. The number of rotatable bonds is 6. The average molecular weight is 198 g/mol. The summed E-state index contributed by atoms with van der Waals surface area (Å²) < 4.78 is 0. The van der Waals surface area contributed by atoms with Crippen molar-refractivity contribution in [2.24, 2.45) is 5.92 Å². The van der Waals surface area contributed by atoms with E-state index in [0.29, 0.717) is 0 Å². The molecule has 1 aliphatic rings. The molecule has 0 aromatic heterocycles. The maximum atomic E-state index is 3.46. The topological polar surface area (TPSA) is 15.3 Å². The lowest BCUT2D eigenvalue weighted by molar-refractivity contribution is 0.329. The van der Waals surface area contributed by atoms with E-state index in [1.807, 2.05) is 0 Å². The fourth-order valence-corrected chi connectivity index (χ4v) is 2.44. The van der Waals surface area contributed by atoms with Crippen molar-refractivity contribution in [2.45, 2.75) is 44.6 Å². The second kappa shape index (κ2) is 6.41. The molecule has 1 unspecified atom stereocenters. The summed E-state index contributed by atoms with van der Waals surface area (Å²) in [6, 6.07) is 0.737. The van der Waals surface area contributed by atoms with Gasteiger partial charge >= 0.3 is 0 Å². The number of nitrogens with zero attached hydrogens (tertiary/aromatic N) is 1. The molecule has 0 aromatic rings. The Morgan fingerprint density at radius 2 is 1.93 bits per heavy atom. The molecule has 0 aromatic carbocycles. The molecule has 1 N–H and O–H groups in total. The van der Waals surface area contributed by atoms with Gasteiger partial charge in [0.05, 0.1) is 0 Å². The summed E-state index contributed by atoms with van der Waals surface area (Å²) in [6.07, 6.45) is 8.56. The van der Waals surface area contributed by atoms with Gasteiger partial charge in [-0.1, -0.05) is 25.7 Å². The highest BCUT2D eigenvalue weighted by Gasteiger charge is 2.18. The van der Waals surface area contributed by atoms with E-state index in [0.717, 1.165) is 12.0 Å². The van der Waals surface area contributed by atoms with Gasteiger partial charge < -0.3 is 10.2 Å². The molecule has 1 aliphatic carbocycles. The standard InChI is InChI=1S/C12H26N2/c1-13-12(8-9-14(2)3)10-11-6-4-5-7-11/h11-13H,4-10H2,1-3H3. The minimum atomic E-state index is 0.737. The first-order chi connectivity index (χ1) is 6.72. The van der Waals surface area contributed by atoms with Gasteiger partial charge in [0.2, 0.25) is 0 Å². The molecule has 1 fully saturated rings. The molecule has 2 heteroatoms. The van der Waals surface area contributed by atoms with Crippen molar-refractivity contribution in [2.75, 3.05) is 27.7 Å². The van der Waals surface area contributed by atoms with Crippen LogP contribution in [-0.4, -0.2) is 38.6 Å². The summed E-state index contributed by atoms with van der Waals surface area (Å²) in [4.78, 5) is 2.28. The van der Waals surface area contributed by atoms with Crippen molar-refractivity contribution in [1.82, 2.24) is 10.2 Å². The Balaban J connectivity index is 2.16. The minimum absolute atomic E-state index is 0.737. The van der Waals surface area contributed by atoms with Crippen molar-refractivity contribution >= 4 is 0 Å². The third-order valence-corrected chi connectivity index (χ3v) is 3.43. The third kappa shape index (κ3) is 4.43. The average Bonchev–Trinajstić information content (AvgIpc) is 2.64. The van der Waals surface area contributed by atoms with Crippen molar-refractivity contribution in [3.05, 3.63) is 0 Å². The molecule has 14 heavy (non-hydrogen) atoms. The monoisotopic (exact) mass is 198 g/mol. The van der Waals surface area contributed by atoms with E-state index in [1.54, 1.807) is 0 Å². The molecule has 1 rings (SSSR count). The predicted octanol–water partition coefficient (Wildman–Crippen LogP) is 2.11. The summed E-state index contributed by atoms with van der Waals surface area (Å²) >= 11 is 0. The Labute approximate surface area is 89.1 Å². The zero-order valence-electron chi connectivity index (χ0n) is 10.1. The van der Waals surface area contributed by atoms with Gasteiger partial charge in [0, 0.05) is 6.04 Å². The van der Waals surface area contributed by atoms with Crippen LogP contribution in [-0.2, 0) is 0 Å². The lowest BCUT2D eigenvalue weighted by Crippen LogP contribution is -2.31. The van der Waals surface area contributed by atoms with E-state index in [1.165, 1.54) is 45.1 Å². The van der Waals surface area contributed by atoms with Gasteiger partial charge in [-0.05, 0) is 46.4 Å². The summed E-state index contributed by atoms with van der Waals surface area (Å²) in [6.45, 7) is 1.21. The van der Waals surface area contributed by atoms with E-state index in [4.69, 9.17) is 0 Å². The molecule has 0 spiro atoms. The molecule has 84 valence electrons. The van der Waals surface area contributed by atoms with Crippen LogP contribution in [0, 0.1) is 5.92 Å². The predicted molar refractivity (Wildman–Crippen MR) is 62.6 cm³/mol. The first-order valence-electron chi connectivity index (χ1n) is 6.04. The van der Waals surface area contributed by atoms with E-state index in [2.05, 4.69) is 31.4 Å². The van der Waals surface area contributed by atoms with Crippen molar-refractivity contribution in [1.29, 1.82) is 0 Å². The number of hydrogen-bond donors (Lipinski definition) is 1. The van der Waals surface area contributed by atoms with E-state index in [-0.39, 0.29) is 0 Å². The Hall–Kier alpha value is -0.0800. The molecular weight excluding hydrogens is 172 g/mol. The highest BCUT2D eigenvalue weighted by Crippen LogP contribution is 2.29. The first-order valence-corrected chi connectivity index (χ1v) is 6.04. The summed E-state index contributed by atoms with van der Waals surface area (Å²) in [5, 5.41) is 3.46. The van der Waals surface area contributed by atoms with Crippen molar-refractivity contribution < 1.29 is 0 Å². The van der Waals surface area contributed by atoms with Crippen LogP contribution in [0.25, 0.3) is 0 Å². The SMILES string of the molecule is CNC(CCN(C)C)CC1CCCC1. The molecule has 2 nitrogen and oxygen atoms in total. The first kappa shape index (κ1) is 12.0. The van der Waals surface area contributed by atoms with Gasteiger partial charge in [0.1, 0.15) is 0 Å². The van der Waals surface area contributed by atoms with Gasteiger partial charge in [0.15, 0.2) is 0 Å². The number of hydrogen-bond acceptors (Lipinski definition) is 2. The fraction of sp³-hybridized carbons (Fsp3) is 1.00. The summed E-state index contributed by atoms with van der Waals surface area (Å²) in [5.74, 6) is 1.01. The quantitative estimate of drug-likeness (QED) is 0.703. The number of nitrogens with one attached hydrogen (secondary N) is 1. The normalized spacial score (nSPS) is 20.6. The largest absolute Gasteiger partial charge is 0.317 e. The lowest BCUT2D eigenvalue weighted by Gasteiger charge is -2.21. The van der Waals surface area contributed by atoms with Crippen LogP contribution in [0.5, 0.6) is 0 Å². The Morgan fingerprint density at radius 3 is 2.43 bits per heavy atom. The van der Waals surface area contributed by atoms with E-state index >= 15 is 0 Å². The van der Waals surface area contributed by atoms with Crippen LogP contribution in [0.15, 0.2) is 0 Å². The van der Waals surface area contributed by atoms with Crippen LogP contribution in [0.3, 0.4) is 0 Å². The lowest BCUT2D eigenvalue weighted by atomic mass is 9.96. The Morgan fingerprint density at radius 1 is 1.29 bits per heavy atom.